The number of hydrogen-bond donors (Lipinski definition) is 1. The Balaban J connectivity index is 1.42. The fourth-order valence-corrected chi connectivity index (χ4v) is 4.99. The van der Waals surface area contributed by atoms with E-state index in [0.717, 1.165) is 23.4 Å². The van der Waals surface area contributed by atoms with Gasteiger partial charge in [-0.05, 0) is 43.5 Å². The third-order valence-corrected chi connectivity index (χ3v) is 6.70. The van der Waals surface area contributed by atoms with E-state index >= 15 is 0 Å². The summed E-state index contributed by atoms with van der Waals surface area (Å²) in [5.41, 5.74) is 5.00. The molecule has 2 heterocycles. The third kappa shape index (κ3) is 5.71. The minimum Gasteiger partial charge on any atom is -0.361 e. The number of nitrogens with zero attached hydrogens (tertiary/aromatic N) is 2. The number of aryl methyl sites for hydroxylation is 2. The Kier molecular flexibility index (Phi) is 7.58. The van der Waals surface area contributed by atoms with Crippen LogP contribution < -0.4 is 5.32 Å². The van der Waals surface area contributed by atoms with E-state index in [1.54, 1.807) is 12.3 Å². The van der Waals surface area contributed by atoms with Crippen molar-refractivity contribution in [3.63, 3.8) is 0 Å². The molecule has 0 spiro atoms. The lowest BCUT2D eigenvalue weighted by Crippen LogP contribution is -2.26. The van der Waals surface area contributed by atoms with E-state index in [0.29, 0.717) is 22.9 Å². The molecule has 6 heteroatoms. The summed E-state index contributed by atoms with van der Waals surface area (Å²) in [4.78, 5) is 17.5. The van der Waals surface area contributed by atoms with Crippen molar-refractivity contribution < 1.29 is 9.32 Å². The van der Waals surface area contributed by atoms with Gasteiger partial charge < -0.3 is 9.84 Å². The van der Waals surface area contributed by atoms with E-state index in [9.17, 15) is 4.79 Å². The van der Waals surface area contributed by atoms with Crippen LogP contribution in [0.2, 0.25) is 0 Å². The van der Waals surface area contributed by atoms with Gasteiger partial charge in [0.05, 0.1) is 11.3 Å². The molecule has 0 unspecified atom stereocenters. The molecule has 0 bridgehead atoms. The van der Waals surface area contributed by atoms with E-state index in [2.05, 4.69) is 64.0 Å². The van der Waals surface area contributed by atoms with E-state index < -0.39 is 0 Å². The summed E-state index contributed by atoms with van der Waals surface area (Å²) in [6.45, 7) is 4.39. The van der Waals surface area contributed by atoms with Crippen LogP contribution in [0.15, 0.2) is 88.5 Å². The minimum absolute atomic E-state index is 0.107. The predicted octanol–water partition coefficient (Wildman–Crippen LogP) is 5.93. The number of amides is 1. The van der Waals surface area contributed by atoms with Crippen molar-refractivity contribution in [3.05, 3.63) is 113 Å². The maximum Gasteiger partial charge on any atom is 0.254 e. The predicted molar refractivity (Wildman–Crippen MR) is 131 cm³/mol. The Labute approximate surface area is 198 Å². The number of rotatable bonds is 9. The Morgan fingerprint density at radius 1 is 0.970 bits per heavy atom. The van der Waals surface area contributed by atoms with E-state index in [1.165, 1.54) is 22.9 Å². The van der Waals surface area contributed by atoms with Gasteiger partial charge in [-0.15, -0.1) is 11.8 Å². The first-order valence-electron chi connectivity index (χ1n) is 11.0. The lowest BCUT2D eigenvalue weighted by molar-refractivity contribution is 0.0949. The molecule has 0 aliphatic rings. The van der Waals surface area contributed by atoms with Crippen LogP contribution in [0.1, 0.15) is 50.8 Å². The average Bonchev–Trinajstić information content (AvgIpc) is 3.18. The molecule has 4 rings (SSSR count). The summed E-state index contributed by atoms with van der Waals surface area (Å²) in [7, 11) is 0. The van der Waals surface area contributed by atoms with Crippen LogP contribution in [-0.2, 0) is 5.75 Å². The SMILES string of the molecule is Cc1noc(C)c1CSc1ncccc1C(=O)NCCC(c1ccccc1)c1ccccc1. The first-order chi connectivity index (χ1) is 16.1. The minimum atomic E-state index is -0.107. The maximum absolute atomic E-state index is 13.0. The number of carbonyl (C=O) groups is 1. The highest BCUT2D eigenvalue weighted by Gasteiger charge is 2.17. The molecular formula is C27H27N3O2S. The summed E-state index contributed by atoms with van der Waals surface area (Å²) in [6, 6.07) is 24.5. The lowest BCUT2D eigenvalue weighted by atomic mass is 9.88. The number of benzene rings is 2. The van der Waals surface area contributed by atoms with Gasteiger partial charge in [-0.3, -0.25) is 4.79 Å². The second-order valence-corrected chi connectivity index (χ2v) is 8.83. The molecule has 0 fully saturated rings. The quantitative estimate of drug-likeness (QED) is 0.316. The molecule has 0 aliphatic carbocycles. The smallest absolute Gasteiger partial charge is 0.254 e. The summed E-state index contributed by atoms with van der Waals surface area (Å²) in [6.07, 6.45) is 2.52. The van der Waals surface area contributed by atoms with Crippen molar-refractivity contribution in [1.82, 2.24) is 15.5 Å². The van der Waals surface area contributed by atoms with Crippen molar-refractivity contribution in [2.75, 3.05) is 6.54 Å². The van der Waals surface area contributed by atoms with Crippen LogP contribution in [-0.4, -0.2) is 22.6 Å². The number of thioether (sulfide) groups is 1. The molecule has 168 valence electrons. The summed E-state index contributed by atoms with van der Waals surface area (Å²) in [5.74, 6) is 1.57. The molecule has 1 N–H and O–H groups in total. The Morgan fingerprint density at radius 2 is 1.64 bits per heavy atom. The van der Waals surface area contributed by atoms with E-state index in [4.69, 9.17) is 4.52 Å². The molecule has 0 saturated heterocycles. The zero-order valence-electron chi connectivity index (χ0n) is 18.8. The highest BCUT2D eigenvalue weighted by molar-refractivity contribution is 7.98. The molecule has 0 aliphatic heterocycles. The zero-order valence-corrected chi connectivity index (χ0v) is 19.6. The fourth-order valence-electron chi connectivity index (χ4n) is 3.85. The van der Waals surface area contributed by atoms with Crippen LogP contribution in [0, 0.1) is 13.8 Å². The summed E-state index contributed by atoms with van der Waals surface area (Å²) in [5, 5.41) is 7.81. The third-order valence-electron chi connectivity index (χ3n) is 5.67. The second kappa shape index (κ2) is 11.0. The molecule has 33 heavy (non-hydrogen) atoms. The van der Waals surface area contributed by atoms with Crippen molar-refractivity contribution in [2.45, 2.75) is 37.0 Å². The first-order valence-corrected chi connectivity index (χ1v) is 12.0. The van der Waals surface area contributed by atoms with Gasteiger partial charge in [0.15, 0.2) is 0 Å². The normalized spacial score (nSPS) is 11.0. The fraction of sp³-hybridized carbons (Fsp3) is 0.222. The Bertz CT molecular complexity index is 1130. The molecule has 1 amide bonds. The van der Waals surface area contributed by atoms with Gasteiger partial charge in [0.2, 0.25) is 0 Å². The van der Waals surface area contributed by atoms with Gasteiger partial charge in [0.25, 0.3) is 5.91 Å². The number of pyridine rings is 1. The van der Waals surface area contributed by atoms with Gasteiger partial charge in [-0.1, -0.05) is 65.8 Å². The second-order valence-electron chi connectivity index (χ2n) is 7.87. The number of hydrogen-bond acceptors (Lipinski definition) is 5. The Morgan fingerprint density at radius 3 is 2.24 bits per heavy atom. The highest BCUT2D eigenvalue weighted by atomic mass is 32.2. The molecule has 0 atom stereocenters. The number of aromatic nitrogens is 2. The van der Waals surface area contributed by atoms with Crippen molar-refractivity contribution >= 4 is 17.7 Å². The van der Waals surface area contributed by atoms with Gasteiger partial charge in [-0.25, -0.2) is 4.98 Å². The van der Waals surface area contributed by atoms with E-state index in [1.807, 2.05) is 32.0 Å². The summed E-state index contributed by atoms with van der Waals surface area (Å²) < 4.78 is 5.25. The molecule has 4 aromatic rings. The molecule has 2 aromatic carbocycles. The molecule has 0 radical (unpaired) electrons. The molecule has 5 nitrogen and oxygen atoms in total. The number of nitrogens with one attached hydrogen (secondary N) is 1. The molecule has 2 aromatic heterocycles. The van der Waals surface area contributed by atoms with Crippen molar-refractivity contribution in [3.8, 4) is 0 Å². The van der Waals surface area contributed by atoms with Crippen LogP contribution in [0.5, 0.6) is 0 Å². The summed E-state index contributed by atoms with van der Waals surface area (Å²) >= 11 is 1.52. The van der Waals surface area contributed by atoms with Crippen LogP contribution in [0.4, 0.5) is 0 Å². The Hall–Kier alpha value is -3.38. The highest BCUT2D eigenvalue weighted by Crippen LogP contribution is 2.29. The zero-order chi connectivity index (χ0) is 23.0. The lowest BCUT2D eigenvalue weighted by Gasteiger charge is -2.18. The van der Waals surface area contributed by atoms with Crippen LogP contribution >= 0.6 is 11.8 Å². The van der Waals surface area contributed by atoms with Crippen LogP contribution in [0.25, 0.3) is 0 Å². The van der Waals surface area contributed by atoms with E-state index in [-0.39, 0.29) is 11.8 Å². The van der Waals surface area contributed by atoms with Gasteiger partial charge in [0, 0.05) is 30.0 Å². The molecule has 0 saturated carbocycles. The van der Waals surface area contributed by atoms with Crippen LogP contribution in [0.3, 0.4) is 0 Å². The van der Waals surface area contributed by atoms with Gasteiger partial charge >= 0.3 is 0 Å². The average molecular weight is 458 g/mol. The molecular weight excluding hydrogens is 430 g/mol. The van der Waals surface area contributed by atoms with Gasteiger partial charge in [0.1, 0.15) is 10.8 Å². The standard InChI is InChI=1S/C27H27N3O2S/c1-19-25(20(2)32-30-19)18-33-27-24(14-9-16-29-27)26(31)28-17-15-23(21-10-5-3-6-11-21)22-12-7-4-8-13-22/h3-14,16,23H,15,17-18H2,1-2H3,(H,28,31). The van der Waals surface area contributed by atoms with Crippen molar-refractivity contribution in [1.29, 1.82) is 0 Å². The van der Waals surface area contributed by atoms with Gasteiger partial charge in [-0.2, -0.15) is 0 Å². The first kappa shape index (κ1) is 22.8. The number of carbonyl (C=O) groups excluding carboxylic acids is 1. The monoisotopic (exact) mass is 457 g/mol. The maximum atomic E-state index is 13.0. The van der Waals surface area contributed by atoms with Crippen molar-refractivity contribution in [2.24, 2.45) is 0 Å². The largest absolute Gasteiger partial charge is 0.361 e. The topological polar surface area (TPSA) is 68.0 Å².